The third kappa shape index (κ3) is 4.50. The molecule has 1 amide bonds. The number of rotatable bonds is 7. The number of nitrogens with one attached hydrogen (secondary N) is 3. The molecule has 25 heavy (non-hydrogen) atoms. The number of fused-ring (bicyclic) bond motifs is 1. The standard InChI is InChI=1S/C19H21N3O3/c1-25-15-9-6-13(7-10-15)4-2-3-5-18(23)20-14-8-11-16-17(12-14)22-19(24)21-16/h6-12H,2-5H2,1H3,(H,20,23)(H2,21,22,24). The van der Waals surface area contributed by atoms with E-state index in [0.29, 0.717) is 17.6 Å². The minimum absolute atomic E-state index is 0.0213. The van der Waals surface area contributed by atoms with E-state index in [9.17, 15) is 9.59 Å². The summed E-state index contributed by atoms with van der Waals surface area (Å²) in [6.45, 7) is 0. The summed E-state index contributed by atoms with van der Waals surface area (Å²) >= 11 is 0. The summed E-state index contributed by atoms with van der Waals surface area (Å²) in [5, 5.41) is 2.87. The van der Waals surface area contributed by atoms with E-state index in [2.05, 4.69) is 15.3 Å². The highest BCUT2D eigenvalue weighted by Crippen LogP contribution is 2.16. The first-order chi connectivity index (χ1) is 12.1. The van der Waals surface area contributed by atoms with Crippen LogP contribution in [0.4, 0.5) is 5.69 Å². The first-order valence-electron chi connectivity index (χ1n) is 8.29. The van der Waals surface area contributed by atoms with E-state index in [0.717, 1.165) is 30.5 Å². The topological polar surface area (TPSA) is 87.0 Å². The molecule has 3 rings (SSSR count). The van der Waals surface area contributed by atoms with Gasteiger partial charge in [-0.3, -0.25) is 4.79 Å². The zero-order chi connectivity index (χ0) is 17.6. The molecule has 0 aliphatic heterocycles. The Labute approximate surface area is 145 Å². The zero-order valence-corrected chi connectivity index (χ0v) is 14.1. The number of benzene rings is 2. The van der Waals surface area contributed by atoms with Crippen molar-refractivity contribution in [2.75, 3.05) is 12.4 Å². The molecule has 130 valence electrons. The Balaban J connectivity index is 1.44. The van der Waals surface area contributed by atoms with Gasteiger partial charge >= 0.3 is 5.69 Å². The monoisotopic (exact) mass is 339 g/mol. The number of hydrogen-bond donors (Lipinski definition) is 3. The van der Waals surface area contributed by atoms with E-state index in [1.807, 2.05) is 24.3 Å². The summed E-state index contributed by atoms with van der Waals surface area (Å²) in [5.74, 6) is 0.829. The van der Waals surface area contributed by atoms with Crippen molar-refractivity contribution in [3.8, 4) is 5.75 Å². The van der Waals surface area contributed by atoms with Crippen molar-refractivity contribution in [1.82, 2.24) is 9.97 Å². The maximum Gasteiger partial charge on any atom is 0.323 e. The third-order valence-corrected chi connectivity index (χ3v) is 4.08. The minimum Gasteiger partial charge on any atom is -0.497 e. The Morgan fingerprint density at radius 3 is 2.56 bits per heavy atom. The number of carbonyl (C=O) groups excluding carboxylic acids is 1. The van der Waals surface area contributed by atoms with Crippen molar-refractivity contribution in [1.29, 1.82) is 0 Å². The van der Waals surface area contributed by atoms with E-state index in [1.54, 1.807) is 25.3 Å². The molecular weight excluding hydrogens is 318 g/mol. The number of aromatic amines is 2. The van der Waals surface area contributed by atoms with E-state index in [4.69, 9.17) is 4.74 Å². The van der Waals surface area contributed by atoms with Crippen LogP contribution in [-0.4, -0.2) is 23.0 Å². The maximum atomic E-state index is 12.0. The Morgan fingerprint density at radius 2 is 1.80 bits per heavy atom. The highest BCUT2D eigenvalue weighted by Gasteiger charge is 2.05. The summed E-state index contributed by atoms with van der Waals surface area (Å²) < 4.78 is 5.14. The molecule has 2 aromatic carbocycles. The van der Waals surface area contributed by atoms with Gasteiger partial charge in [-0.15, -0.1) is 0 Å². The van der Waals surface area contributed by atoms with Crippen LogP contribution in [0.15, 0.2) is 47.3 Å². The summed E-state index contributed by atoms with van der Waals surface area (Å²) in [6.07, 6.45) is 3.18. The second-order valence-corrected chi connectivity index (χ2v) is 5.94. The number of aromatic nitrogens is 2. The van der Waals surface area contributed by atoms with Gasteiger partial charge in [0.05, 0.1) is 18.1 Å². The average Bonchev–Trinajstić information content (AvgIpc) is 2.98. The van der Waals surface area contributed by atoms with Crippen LogP contribution in [0.25, 0.3) is 11.0 Å². The van der Waals surface area contributed by atoms with Gasteiger partial charge in [0.25, 0.3) is 0 Å². The molecule has 3 aromatic rings. The molecule has 0 spiro atoms. The van der Waals surface area contributed by atoms with Gasteiger partial charge in [0.15, 0.2) is 0 Å². The lowest BCUT2D eigenvalue weighted by atomic mass is 10.1. The molecule has 6 heteroatoms. The fourth-order valence-electron chi connectivity index (χ4n) is 2.74. The zero-order valence-electron chi connectivity index (χ0n) is 14.1. The first kappa shape index (κ1) is 16.8. The van der Waals surface area contributed by atoms with Gasteiger partial charge in [-0.25, -0.2) is 4.79 Å². The van der Waals surface area contributed by atoms with Crippen molar-refractivity contribution in [3.63, 3.8) is 0 Å². The molecule has 0 unspecified atom stereocenters. The van der Waals surface area contributed by atoms with Gasteiger partial charge in [0.2, 0.25) is 5.91 Å². The smallest absolute Gasteiger partial charge is 0.323 e. The molecule has 0 saturated heterocycles. The number of hydrogen-bond acceptors (Lipinski definition) is 3. The second-order valence-electron chi connectivity index (χ2n) is 5.94. The number of methoxy groups -OCH3 is 1. The van der Waals surface area contributed by atoms with Crippen molar-refractivity contribution in [2.45, 2.75) is 25.7 Å². The number of amides is 1. The van der Waals surface area contributed by atoms with Crippen LogP contribution in [0, 0.1) is 0 Å². The molecule has 1 aromatic heterocycles. The van der Waals surface area contributed by atoms with Gasteiger partial charge in [0, 0.05) is 12.1 Å². The van der Waals surface area contributed by atoms with E-state index >= 15 is 0 Å². The van der Waals surface area contributed by atoms with Crippen LogP contribution in [0.1, 0.15) is 24.8 Å². The number of unbranched alkanes of at least 4 members (excludes halogenated alkanes) is 1. The highest BCUT2D eigenvalue weighted by atomic mass is 16.5. The Morgan fingerprint density at radius 1 is 1.04 bits per heavy atom. The quantitative estimate of drug-likeness (QED) is 0.578. The van der Waals surface area contributed by atoms with Gasteiger partial charge in [-0.1, -0.05) is 12.1 Å². The van der Waals surface area contributed by atoms with Gasteiger partial charge in [0.1, 0.15) is 5.75 Å². The van der Waals surface area contributed by atoms with E-state index in [-0.39, 0.29) is 11.6 Å². The molecule has 0 aliphatic carbocycles. The molecule has 0 aliphatic rings. The average molecular weight is 339 g/mol. The van der Waals surface area contributed by atoms with Gasteiger partial charge in [-0.2, -0.15) is 0 Å². The van der Waals surface area contributed by atoms with Gasteiger partial charge < -0.3 is 20.0 Å². The third-order valence-electron chi connectivity index (χ3n) is 4.08. The lowest BCUT2D eigenvalue weighted by molar-refractivity contribution is -0.116. The predicted molar refractivity (Wildman–Crippen MR) is 98.1 cm³/mol. The SMILES string of the molecule is COc1ccc(CCCCC(=O)Nc2ccc3[nH]c(=O)[nH]c3c2)cc1. The van der Waals surface area contributed by atoms with Crippen molar-refractivity contribution in [3.05, 3.63) is 58.5 Å². The van der Waals surface area contributed by atoms with Crippen LogP contribution < -0.4 is 15.7 Å². The van der Waals surface area contributed by atoms with E-state index < -0.39 is 0 Å². The molecule has 3 N–H and O–H groups in total. The van der Waals surface area contributed by atoms with Crippen LogP contribution in [0.5, 0.6) is 5.75 Å². The van der Waals surface area contributed by atoms with Crippen LogP contribution >= 0.6 is 0 Å². The lowest BCUT2D eigenvalue weighted by Gasteiger charge is -2.06. The number of anilines is 1. The summed E-state index contributed by atoms with van der Waals surface area (Å²) in [5.41, 5.74) is 3.08. The molecule has 6 nitrogen and oxygen atoms in total. The molecule has 0 saturated carbocycles. The molecule has 0 fully saturated rings. The fraction of sp³-hybridized carbons (Fsp3) is 0.263. The summed E-state index contributed by atoms with van der Waals surface area (Å²) in [7, 11) is 1.65. The Bertz CT molecular complexity index is 910. The largest absolute Gasteiger partial charge is 0.497 e. The molecule has 0 radical (unpaired) electrons. The summed E-state index contributed by atoms with van der Waals surface area (Å²) in [4.78, 5) is 28.6. The molecule has 0 atom stereocenters. The molecule has 1 heterocycles. The molecule has 0 bridgehead atoms. The lowest BCUT2D eigenvalue weighted by Crippen LogP contribution is -2.11. The Kier molecular flexibility index (Phi) is 5.18. The van der Waals surface area contributed by atoms with Crippen LogP contribution in [0.2, 0.25) is 0 Å². The normalized spacial score (nSPS) is 10.8. The summed E-state index contributed by atoms with van der Waals surface area (Å²) in [6, 6.07) is 13.3. The predicted octanol–water partition coefficient (Wildman–Crippen LogP) is 3.22. The number of imidazole rings is 1. The second kappa shape index (κ2) is 7.70. The number of carbonyl (C=O) groups is 1. The molecular formula is C19H21N3O3. The minimum atomic E-state index is -0.253. The Hall–Kier alpha value is -3.02. The van der Waals surface area contributed by atoms with E-state index in [1.165, 1.54) is 5.56 Å². The van der Waals surface area contributed by atoms with Crippen molar-refractivity contribution >= 4 is 22.6 Å². The fourth-order valence-corrected chi connectivity index (χ4v) is 2.74. The van der Waals surface area contributed by atoms with Gasteiger partial charge in [-0.05, 0) is 55.2 Å². The first-order valence-corrected chi connectivity index (χ1v) is 8.29. The number of aryl methyl sites for hydroxylation is 1. The van der Waals surface area contributed by atoms with Crippen LogP contribution in [0.3, 0.4) is 0 Å². The van der Waals surface area contributed by atoms with Crippen molar-refractivity contribution < 1.29 is 9.53 Å². The van der Waals surface area contributed by atoms with Crippen molar-refractivity contribution in [2.24, 2.45) is 0 Å². The number of ether oxygens (including phenoxy) is 1. The van der Waals surface area contributed by atoms with Crippen LogP contribution in [-0.2, 0) is 11.2 Å². The highest BCUT2D eigenvalue weighted by molar-refractivity contribution is 5.92. The maximum absolute atomic E-state index is 12.0. The number of H-pyrrole nitrogens is 2.